The van der Waals surface area contributed by atoms with E-state index in [9.17, 15) is 19.2 Å². The molecule has 1 aliphatic carbocycles. The van der Waals surface area contributed by atoms with Crippen LogP contribution in [0.15, 0.2) is 30.0 Å². The number of fused-ring (bicyclic) bond motifs is 1. The third-order valence-electron chi connectivity index (χ3n) is 8.56. The zero-order valence-electron chi connectivity index (χ0n) is 24.5. The first-order valence-corrected chi connectivity index (χ1v) is 14.7. The first kappa shape index (κ1) is 30.4. The van der Waals surface area contributed by atoms with Crippen molar-refractivity contribution in [2.75, 3.05) is 47.5 Å². The number of nitrogens with one attached hydrogen (secondary N) is 1. The van der Waals surface area contributed by atoms with E-state index in [1.807, 2.05) is 29.2 Å². The molecule has 10 nitrogen and oxygen atoms in total. The Hall–Kier alpha value is -3.56. The number of esters is 1. The van der Waals surface area contributed by atoms with Crippen molar-refractivity contribution in [3.8, 4) is 11.5 Å². The van der Waals surface area contributed by atoms with Gasteiger partial charge in [0.05, 0.1) is 21.3 Å². The van der Waals surface area contributed by atoms with Gasteiger partial charge in [0.1, 0.15) is 5.41 Å². The molecular weight excluding hydrogens is 526 g/mol. The molecule has 0 aromatic heterocycles. The van der Waals surface area contributed by atoms with E-state index in [4.69, 9.17) is 14.2 Å². The summed E-state index contributed by atoms with van der Waals surface area (Å²) >= 11 is 0. The van der Waals surface area contributed by atoms with Gasteiger partial charge in [0, 0.05) is 50.6 Å². The molecule has 224 valence electrons. The molecule has 3 aliphatic rings. The first-order valence-electron chi connectivity index (χ1n) is 14.7. The van der Waals surface area contributed by atoms with Gasteiger partial charge >= 0.3 is 5.97 Å². The Morgan fingerprint density at radius 2 is 1.85 bits per heavy atom. The second-order valence-electron chi connectivity index (χ2n) is 11.1. The van der Waals surface area contributed by atoms with E-state index in [2.05, 4.69) is 5.32 Å². The highest BCUT2D eigenvalue weighted by atomic mass is 16.5. The van der Waals surface area contributed by atoms with Gasteiger partial charge in [-0.25, -0.2) is 0 Å². The summed E-state index contributed by atoms with van der Waals surface area (Å²) in [4.78, 5) is 55.7. The van der Waals surface area contributed by atoms with Crippen LogP contribution in [0, 0.1) is 11.3 Å². The number of carbonyl (C=O) groups excluding carboxylic acids is 4. The van der Waals surface area contributed by atoms with Gasteiger partial charge in [0.15, 0.2) is 11.5 Å². The van der Waals surface area contributed by atoms with Crippen LogP contribution < -0.4 is 14.8 Å². The molecule has 0 saturated carbocycles. The summed E-state index contributed by atoms with van der Waals surface area (Å²) in [6.45, 7) is 2.18. The Bertz CT molecular complexity index is 1170. The van der Waals surface area contributed by atoms with Gasteiger partial charge in [-0.3, -0.25) is 19.2 Å². The van der Waals surface area contributed by atoms with Gasteiger partial charge in [0.2, 0.25) is 17.7 Å². The normalized spacial score (nSPS) is 22.5. The lowest BCUT2D eigenvalue weighted by molar-refractivity contribution is -0.159. The minimum Gasteiger partial charge on any atom is -0.493 e. The minimum atomic E-state index is -0.960. The summed E-state index contributed by atoms with van der Waals surface area (Å²) in [7, 11) is 4.55. The van der Waals surface area contributed by atoms with E-state index in [1.165, 1.54) is 7.11 Å². The number of hydrogen-bond donors (Lipinski definition) is 1. The first-order chi connectivity index (χ1) is 19.8. The zero-order chi connectivity index (χ0) is 29.4. The van der Waals surface area contributed by atoms with E-state index in [0.717, 1.165) is 37.8 Å². The molecule has 0 radical (unpaired) electrons. The molecule has 2 atom stereocenters. The van der Waals surface area contributed by atoms with Crippen LogP contribution in [0.1, 0.15) is 63.4 Å². The number of allylic oxidation sites excluding steroid dienone is 1. The van der Waals surface area contributed by atoms with Gasteiger partial charge in [-0.2, -0.15) is 0 Å². The van der Waals surface area contributed by atoms with Crippen molar-refractivity contribution in [3.63, 3.8) is 0 Å². The van der Waals surface area contributed by atoms with E-state index >= 15 is 0 Å². The third-order valence-corrected chi connectivity index (χ3v) is 8.56. The second kappa shape index (κ2) is 13.9. The number of amides is 3. The van der Waals surface area contributed by atoms with Crippen molar-refractivity contribution < 1.29 is 33.4 Å². The van der Waals surface area contributed by atoms with Gasteiger partial charge in [-0.15, -0.1) is 0 Å². The number of nitrogens with zero attached hydrogens (tertiary/aromatic N) is 2. The number of carbonyl (C=O) groups is 4. The predicted molar refractivity (Wildman–Crippen MR) is 152 cm³/mol. The van der Waals surface area contributed by atoms with Crippen molar-refractivity contribution in [3.05, 3.63) is 35.5 Å². The number of likely N-dealkylation sites (tertiary alicyclic amines) is 2. The summed E-state index contributed by atoms with van der Waals surface area (Å²) in [5.41, 5.74) is 0.710. The van der Waals surface area contributed by atoms with Crippen molar-refractivity contribution in [2.45, 2.75) is 64.2 Å². The molecule has 41 heavy (non-hydrogen) atoms. The average Bonchev–Trinajstić information content (AvgIpc) is 3.27. The highest BCUT2D eigenvalue weighted by molar-refractivity contribution is 5.92. The van der Waals surface area contributed by atoms with Crippen LogP contribution in [0.3, 0.4) is 0 Å². The molecule has 10 heteroatoms. The topological polar surface area (TPSA) is 114 Å². The fraction of sp³-hybridized carbons (Fsp3) is 0.613. The van der Waals surface area contributed by atoms with Gasteiger partial charge < -0.3 is 29.3 Å². The van der Waals surface area contributed by atoms with Crippen molar-refractivity contribution >= 4 is 23.7 Å². The third kappa shape index (κ3) is 6.85. The fourth-order valence-electron chi connectivity index (χ4n) is 6.44. The van der Waals surface area contributed by atoms with Crippen LogP contribution in [-0.4, -0.2) is 81.0 Å². The van der Waals surface area contributed by atoms with Crippen LogP contribution >= 0.6 is 0 Å². The molecule has 0 unspecified atom stereocenters. The maximum absolute atomic E-state index is 13.9. The van der Waals surface area contributed by atoms with Crippen LogP contribution in [-0.2, 0) is 30.3 Å². The predicted octanol–water partition coefficient (Wildman–Crippen LogP) is 3.23. The zero-order valence-corrected chi connectivity index (χ0v) is 24.5. The fourth-order valence-corrected chi connectivity index (χ4v) is 6.44. The SMILES string of the molecule is COC(=O)[C@]12CCCCC=C1N(CCc1ccc(OC)c(OC)c1)C(=O)[C@H](CC(=O)NCCCN1CCCC1=O)C2. The van der Waals surface area contributed by atoms with Gasteiger partial charge in [0.25, 0.3) is 0 Å². The number of piperidine rings is 1. The van der Waals surface area contributed by atoms with Crippen molar-refractivity contribution in [1.82, 2.24) is 15.1 Å². The maximum atomic E-state index is 13.9. The second-order valence-corrected chi connectivity index (χ2v) is 11.1. The Morgan fingerprint density at radius 1 is 1.05 bits per heavy atom. The molecule has 1 aromatic carbocycles. The van der Waals surface area contributed by atoms with Crippen molar-refractivity contribution in [2.24, 2.45) is 11.3 Å². The Morgan fingerprint density at radius 3 is 2.56 bits per heavy atom. The van der Waals surface area contributed by atoms with E-state index in [-0.39, 0.29) is 36.5 Å². The molecule has 0 bridgehead atoms. The standard InChI is InChI=1S/C31H43N3O7/c1-39-24-12-11-22(19-25(24)40-2)13-18-34-26-9-5-4-6-14-31(26,30(38)41-3)21-23(29(34)37)20-27(35)32-15-8-17-33-16-7-10-28(33)36/h9,11-12,19,23H,4-8,10,13-18,20-21H2,1-3H3,(H,32,35)/t23-,31+/m1/s1. The summed E-state index contributed by atoms with van der Waals surface area (Å²) in [6.07, 6.45) is 8.06. The maximum Gasteiger partial charge on any atom is 0.317 e. The Balaban J connectivity index is 1.49. The van der Waals surface area contributed by atoms with Crippen LogP contribution in [0.4, 0.5) is 0 Å². The number of rotatable bonds is 12. The number of benzene rings is 1. The molecule has 0 spiro atoms. The van der Waals surface area contributed by atoms with E-state index in [0.29, 0.717) is 62.5 Å². The molecule has 2 aliphatic heterocycles. The molecular formula is C31H43N3O7. The molecule has 2 heterocycles. The van der Waals surface area contributed by atoms with Gasteiger partial charge in [-0.1, -0.05) is 18.6 Å². The number of hydrogen-bond acceptors (Lipinski definition) is 7. The van der Waals surface area contributed by atoms with Crippen molar-refractivity contribution in [1.29, 1.82) is 0 Å². The summed E-state index contributed by atoms with van der Waals surface area (Å²) < 4.78 is 16.1. The molecule has 2 fully saturated rings. The van der Waals surface area contributed by atoms with Crippen LogP contribution in [0.5, 0.6) is 11.5 Å². The summed E-state index contributed by atoms with van der Waals surface area (Å²) in [5.74, 6) is 0.0336. The summed E-state index contributed by atoms with van der Waals surface area (Å²) in [6, 6.07) is 5.66. The molecule has 1 aromatic rings. The quantitative estimate of drug-likeness (QED) is 0.304. The molecule has 3 amide bonds. The number of methoxy groups -OCH3 is 3. The Labute approximate surface area is 242 Å². The largest absolute Gasteiger partial charge is 0.493 e. The summed E-state index contributed by atoms with van der Waals surface area (Å²) in [5, 5.41) is 2.92. The van der Waals surface area contributed by atoms with E-state index in [1.54, 1.807) is 19.1 Å². The Kier molecular flexibility index (Phi) is 10.3. The highest BCUT2D eigenvalue weighted by Gasteiger charge is 2.53. The molecule has 1 N–H and O–H groups in total. The van der Waals surface area contributed by atoms with E-state index < -0.39 is 11.3 Å². The lowest BCUT2D eigenvalue weighted by Gasteiger charge is -2.46. The minimum absolute atomic E-state index is 0.000358. The number of ether oxygens (including phenoxy) is 3. The molecule has 2 saturated heterocycles. The molecule has 4 rings (SSSR count). The average molecular weight is 570 g/mol. The highest BCUT2D eigenvalue weighted by Crippen LogP contribution is 2.49. The van der Waals surface area contributed by atoms with Gasteiger partial charge in [-0.05, 0) is 62.6 Å². The monoisotopic (exact) mass is 569 g/mol. The van der Waals surface area contributed by atoms with Crippen LogP contribution in [0.25, 0.3) is 0 Å². The lowest BCUT2D eigenvalue weighted by Crippen LogP contribution is -2.53. The van der Waals surface area contributed by atoms with Crippen LogP contribution in [0.2, 0.25) is 0 Å². The lowest BCUT2D eigenvalue weighted by atomic mass is 9.69. The smallest absolute Gasteiger partial charge is 0.317 e.